The predicted octanol–water partition coefficient (Wildman–Crippen LogP) is 2.54. The molecule has 0 aromatic heterocycles. The fourth-order valence-electron chi connectivity index (χ4n) is 3.11. The van der Waals surface area contributed by atoms with Crippen LogP contribution in [-0.4, -0.2) is 38.6 Å². The molecule has 2 aromatic carbocycles. The van der Waals surface area contributed by atoms with Crippen molar-refractivity contribution in [3.63, 3.8) is 0 Å². The van der Waals surface area contributed by atoms with Gasteiger partial charge in [0.05, 0.1) is 6.54 Å². The SMILES string of the molecule is CN=C(NCC(=O)N1CCc2ccccc21)NCc1ccccc1OC(F)F. The molecule has 0 aliphatic carbocycles. The smallest absolute Gasteiger partial charge is 0.387 e. The van der Waals surface area contributed by atoms with E-state index in [0.717, 1.165) is 17.7 Å². The second-order valence-corrected chi connectivity index (χ2v) is 6.19. The molecule has 0 atom stereocenters. The van der Waals surface area contributed by atoms with E-state index < -0.39 is 6.61 Å². The number of aliphatic imine (C=N–C) groups is 1. The Balaban J connectivity index is 1.54. The summed E-state index contributed by atoms with van der Waals surface area (Å²) in [5, 5.41) is 5.97. The summed E-state index contributed by atoms with van der Waals surface area (Å²) in [4.78, 5) is 18.4. The lowest BCUT2D eigenvalue weighted by molar-refractivity contribution is -0.117. The number of halogens is 2. The Kier molecular flexibility index (Phi) is 6.41. The third kappa shape index (κ3) is 4.76. The molecule has 0 spiro atoms. The third-order valence-electron chi connectivity index (χ3n) is 4.45. The number of hydrogen-bond donors (Lipinski definition) is 2. The van der Waals surface area contributed by atoms with E-state index in [1.807, 2.05) is 24.3 Å². The van der Waals surface area contributed by atoms with Crippen molar-refractivity contribution in [1.29, 1.82) is 0 Å². The summed E-state index contributed by atoms with van der Waals surface area (Å²) >= 11 is 0. The van der Waals surface area contributed by atoms with Gasteiger partial charge in [0.1, 0.15) is 5.75 Å². The second kappa shape index (κ2) is 9.16. The zero-order chi connectivity index (χ0) is 19.9. The Labute approximate surface area is 162 Å². The van der Waals surface area contributed by atoms with Crippen molar-refractivity contribution in [1.82, 2.24) is 10.6 Å². The fraction of sp³-hybridized carbons (Fsp3) is 0.300. The van der Waals surface area contributed by atoms with Crippen LogP contribution in [0.25, 0.3) is 0 Å². The molecule has 8 heteroatoms. The second-order valence-electron chi connectivity index (χ2n) is 6.19. The third-order valence-corrected chi connectivity index (χ3v) is 4.45. The molecule has 0 saturated heterocycles. The van der Waals surface area contributed by atoms with Crippen molar-refractivity contribution < 1.29 is 18.3 Å². The van der Waals surface area contributed by atoms with Crippen LogP contribution >= 0.6 is 0 Å². The van der Waals surface area contributed by atoms with Crippen LogP contribution in [0.5, 0.6) is 5.75 Å². The van der Waals surface area contributed by atoms with Gasteiger partial charge < -0.3 is 20.3 Å². The number of benzene rings is 2. The van der Waals surface area contributed by atoms with E-state index in [2.05, 4.69) is 20.4 Å². The summed E-state index contributed by atoms with van der Waals surface area (Å²) in [6, 6.07) is 14.4. The van der Waals surface area contributed by atoms with Crippen LogP contribution in [0, 0.1) is 0 Å². The molecular weight excluding hydrogens is 366 g/mol. The number of carbonyl (C=O) groups excluding carboxylic acids is 1. The first kappa shape index (κ1) is 19.6. The number of para-hydroxylation sites is 2. The van der Waals surface area contributed by atoms with Crippen LogP contribution in [0.2, 0.25) is 0 Å². The Morgan fingerprint density at radius 3 is 2.71 bits per heavy atom. The Morgan fingerprint density at radius 2 is 1.93 bits per heavy atom. The maximum absolute atomic E-state index is 12.6. The summed E-state index contributed by atoms with van der Waals surface area (Å²) in [7, 11) is 1.58. The van der Waals surface area contributed by atoms with Gasteiger partial charge in [-0.1, -0.05) is 36.4 Å². The van der Waals surface area contributed by atoms with Crippen molar-refractivity contribution in [3.05, 3.63) is 59.7 Å². The van der Waals surface area contributed by atoms with Gasteiger partial charge >= 0.3 is 6.61 Å². The maximum Gasteiger partial charge on any atom is 0.387 e. The molecule has 148 valence electrons. The van der Waals surface area contributed by atoms with E-state index in [1.165, 1.54) is 6.07 Å². The number of rotatable bonds is 6. The van der Waals surface area contributed by atoms with Gasteiger partial charge in [0.2, 0.25) is 5.91 Å². The van der Waals surface area contributed by atoms with E-state index in [9.17, 15) is 13.6 Å². The molecule has 0 radical (unpaired) electrons. The van der Waals surface area contributed by atoms with Gasteiger partial charge in [0.15, 0.2) is 5.96 Å². The summed E-state index contributed by atoms with van der Waals surface area (Å²) < 4.78 is 29.5. The zero-order valence-corrected chi connectivity index (χ0v) is 15.5. The lowest BCUT2D eigenvalue weighted by atomic mass is 10.2. The number of fused-ring (bicyclic) bond motifs is 1. The van der Waals surface area contributed by atoms with Crippen molar-refractivity contribution >= 4 is 17.6 Å². The summed E-state index contributed by atoms with van der Waals surface area (Å²) in [6.07, 6.45) is 0.843. The first-order valence-corrected chi connectivity index (χ1v) is 8.94. The molecule has 1 heterocycles. The minimum Gasteiger partial charge on any atom is -0.434 e. The normalized spacial score (nSPS) is 13.4. The average molecular weight is 388 g/mol. The molecule has 0 fully saturated rings. The lowest BCUT2D eigenvalue weighted by Crippen LogP contribution is -2.44. The average Bonchev–Trinajstić information content (AvgIpc) is 3.13. The van der Waals surface area contributed by atoms with E-state index in [1.54, 1.807) is 30.1 Å². The highest BCUT2D eigenvalue weighted by atomic mass is 19.3. The molecule has 1 aliphatic heterocycles. The van der Waals surface area contributed by atoms with Crippen molar-refractivity contribution in [2.75, 3.05) is 25.0 Å². The minimum atomic E-state index is -2.89. The number of hydrogen-bond acceptors (Lipinski definition) is 3. The number of ether oxygens (including phenoxy) is 1. The summed E-state index contributed by atoms with van der Waals surface area (Å²) in [5.74, 6) is 0.437. The van der Waals surface area contributed by atoms with Gasteiger partial charge in [0.25, 0.3) is 0 Å². The monoisotopic (exact) mass is 388 g/mol. The van der Waals surface area contributed by atoms with E-state index >= 15 is 0 Å². The van der Waals surface area contributed by atoms with Crippen LogP contribution in [0.15, 0.2) is 53.5 Å². The molecule has 2 aromatic rings. The van der Waals surface area contributed by atoms with Gasteiger partial charge in [-0.2, -0.15) is 8.78 Å². The molecule has 0 unspecified atom stereocenters. The Morgan fingerprint density at radius 1 is 1.18 bits per heavy atom. The van der Waals surface area contributed by atoms with Gasteiger partial charge in [-0.25, -0.2) is 0 Å². The first-order valence-electron chi connectivity index (χ1n) is 8.94. The van der Waals surface area contributed by atoms with Crippen LogP contribution in [0.1, 0.15) is 11.1 Å². The quantitative estimate of drug-likeness (QED) is 0.590. The molecule has 6 nitrogen and oxygen atoms in total. The number of anilines is 1. The van der Waals surface area contributed by atoms with Gasteiger partial charge in [-0.15, -0.1) is 0 Å². The van der Waals surface area contributed by atoms with Crippen LogP contribution in [-0.2, 0) is 17.8 Å². The Hall–Kier alpha value is -3.16. The fourth-order valence-corrected chi connectivity index (χ4v) is 3.11. The number of nitrogens with zero attached hydrogens (tertiary/aromatic N) is 2. The standard InChI is InChI=1S/C20H22F2N4O2/c1-23-20(24-12-15-7-3-5-9-17(15)28-19(21)22)25-13-18(27)26-11-10-14-6-2-4-8-16(14)26/h2-9,19H,10-13H2,1H3,(H2,23,24,25). The number of amides is 1. The molecule has 1 amide bonds. The number of guanidine groups is 1. The lowest BCUT2D eigenvalue weighted by Gasteiger charge is -2.19. The molecule has 0 saturated carbocycles. The predicted molar refractivity (Wildman–Crippen MR) is 104 cm³/mol. The molecule has 1 aliphatic rings. The van der Waals surface area contributed by atoms with E-state index in [-0.39, 0.29) is 24.7 Å². The molecule has 28 heavy (non-hydrogen) atoms. The Bertz CT molecular complexity index is 858. The topological polar surface area (TPSA) is 66.0 Å². The van der Waals surface area contributed by atoms with E-state index in [0.29, 0.717) is 18.1 Å². The largest absolute Gasteiger partial charge is 0.434 e. The van der Waals surface area contributed by atoms with Crippen LogP contribution < -0.4 is 20.3 Å². The maximum atomic E-state index is 12.6. The molecule has 3 rings (SSSR count). The highest BCUT2D eigenvalue weighted by molar-refractivity contribution is 5.98. The van der Waals surface area contributed by atoms with Crippen molar-refractivity contribution in [2.45, 2.75) is 19.6 Å². The van der Waals surface area contributed by atoms with Crippen LogP contribution in [0.4, 0.5) is 14.5 Å². The molecule has 2 N–H and O–H groups in total. The van der Waals surface area contributed by atoms with Crippen LogP contribution in [0.3, 0.4) is 0 Å². The van der Waals surface area contributed by atoms with Gasteiger partial charge in [-0.05, 0) is 24.1 Å². The highest BCUT2D eigenvalue weighted by Crippen LogP contribution is 2.27. The van der Waals surface area contributed by atoms with Crippen molar-refractivity contribution in [3.8, 4) is 5.75 Å². The van der Waals surface area contributed by atoms with Gasteiger partial charge in [0, 0.05) is 31.4 Å². The number of nitrogens with one attached hydrogen (secondary N) is 2. The van der Waals surface area contributed by atoms with Crippen molar-refractivity contribution in [2.24, 2.45) is 4.99 Å². The van der Waals surface area contributed by atoms with Gasteiger partial charge in [-0.3, -0.25) is 9.79 Å². The first-order chi connectivity index (χ1) is 13.6. The minimum absolute atomic E-state index is 0.0608. The number of carbonyl (C=O) groups is 1. The summed E-state index contributed by atoms with van der Waals surface area (Å²) in [6.45, 7) is -1.93. The van der Waals surface area contributed by atoms with E-state index in [4.69, 9.17) is 0 Å². The summed E-state index contributed by atoms with van der Waals surface area (Å²) in [5.41, 5.74) is 2.66. The number of alkyl halides is 2. The molecule has 0 bridgehead atoms. The zero-order valence-electron chi connectivity index (χ0n) is 15.5. The highest BCUT2D eigenvalue weighted by Gasteiger charge is 2.23. The molecular formula is C20H22F2N4O2.